The number of rotatable bonds is 7. The second-order valence-electron chi connectivity index (χ2n) is 4.11. The molecule has 7 heteroatoms. The Labute approximate surface area is 113 Å². The van der Waals surface area contributed by atoms with E-state index >= 15 is 0 Å². The Morgan fingerprint density at radius 3 is 2.89 bits per heavy atom. The van der Waals surface area contributed by atoms with E-state index in [2.05, 4.69) is 15.3 Å². The molecule has 0 spiro atoms. The number of anilines is 2. The third-order valence-electron chi connectivity index (χ3n) is 2.58. The molecule has 19 heavy (non-hydrogen) atoms. The number of nitrogens with zero attached hydrogens (tertiary/aromatic N) is 3. The molecule has 0 unspecified atom stereocenters. The maximum atomic E-state index is 11.2. The van der Waals surface area contributed by atoms with Crippen LogP contribution in [0.3, 0.4) is 0 Å². The summed E-state index contributed by atoms with van der Waals surface area (Å²) >= 11 is 0. The number of hydrogen-bond acceptors (Lipinski definition) is 6. The van der Waals surface area contributed by atoms with Crippen molar-refractivity contribution < 1.29 is 9.53 Å². The van der Waals surface area contributed by atoms with Crippen molar-refractivity contribution in [2.24, 2.45) is 0 Å². The SMILES string of the molecule is CCCOc1ncnc(N(C)CCC(=O)NC)c1N. The molecular weight excluding hydrogens is 246 g/mol. The highest BCUT2D eigenvalue weighted by atomic mass is 16.5. The maximum absolute atomic E-state index is 11.2. The summed E-state index contributed by atoms with van der Waals surface area (Å²) in [6.45, 7) is 3.09. The molecule has 106 valence electrons. The number of nitrogens with two attached hydrogens (primary N) is 1. The van der Waals surface area contributed by atoms with E-state index in [1.54, 1.807) is 7.05 Å². The van der Waals surface area contributed by atoms with E-state index in [0.717, 1.165) is 6.42 Å². The van der Waals surface area contributed by atoms with Crippen LogP contribution in [0.1, 0.15) is 19.8 Å². The van der Waals surface area contributed by atoms with Crippen LogP contribution in [-0.2, 0) is 4.79 Å². The molecular formula is C12H21N5O2. The molecule has 3 N–H and O–H groups in total. The fourth-order valence-electron chi connectivity index (χ4n) is 1.49. The van der Waals surface area contributed by atoms with E-state index in [4.69, 9.17) is 10.5 Å². The molecule has 1 aromatic rings. The molecule has 0 atom stereocenters. The number of ether oxygens (including phenoxy) is 1. The highest BCUT2D eigenvalue weighted by Crippen LogP contribution is 2.27. The molecule has 0 fully saturated rings. The van der Waals surface area contributed by atoms with Gasteiger partial charge in [0.15, 0.2) is 5.82 Å². The van der Waals surface area contributed by atoms with Crippen LogP contribution in [0.25, 0.3) is 0 Å². The van der Waals surface area contributed by atoms with Gasteiger partial charge < -0.3 is 20.7 Å². The van der Waals surface area contributed by atoms with Gasteiger partial charge in [-0.1, -0.05) is 6.92 Å². The molecule has 0 aromatic carbocycles. The minimum Gasteiger partial charge on any atom is -0.476 e. The van der Waals surface area contributed by atoms with Crippen LogP contribution in [0.2, 0.25) is 0 Å². The van der Waals surface area contributed by atoms with Crippen molar-refractivity contribution in [2.75, 3.05) is 37.9 Å². The van der Waals surface area contributed by atoms with Gasteiger partial charge in [0.1, 0.15) is 12.0 Å². The van der Waals surface area contributed by atoms with Crippen molar-refractivity contribution in [1.82, 2.24) is 15.3 Å². The van der Waals surface area contributed by atoms with Crippen LogP contribution in [0.4, 0.5) is 11.5 Å². The summed E-state index contributed by atoms with van der Waals surface area (Å²) in [7, 11) is 3.43. The lowest BCUT2D eigenvalue weighted by atomic mass is 10.3. The van der Waals surface area contributed by atoms with Gasteiger partial charge in [0.05, 0.1) is 6.61 Å². The van der Waals surface area contributed by atoms with E-state index in [-0.39, 0.29) is 5.91 Å². The fraction of sp³-hybridized carbons (Fsp3) is 0.583. The number of amides is 1. The maximum Gasteiger partial charge on any atom is 0.242 e. The molecule has 7 nitrogen and oxygen atoms in total. The first kappa shape index (κ1) is 15.0. The van der Waals surface area contributed by atoms with Crippen LogP contribution in [0.15, 0.2) is 6.33 Å². The number of carbonyl (C=O) groups is 1. The van der Waals surface area contributed by atoms with Crippen LogP contribution < -0.4 is 20.7 Å². The van der Waals surface area contributed by atoms with Crippen molar-refractivity contribution in [1.29, 1.82) is 0 Å². The first-order chi connectivity index (χ1) is 9.10. The molecule has 1 rings (SSSR count). The molecule has 0 radical (unpaired) electrons. The number of nitrogen functional groups attached to an aromatic ring is 1. The summed E-state index contributed by atoms with van der Waals surface area (Å²) in [6, 6.07) is 0. The Bertz CT molecular complexity index is 425. The molecule has 0 bridgehead atoms. The Morgan fingerprint density at radius 1 is 1.53 bits per heavy atom. The third kappa shape index (κ3) is 4.27. The van der Waals surface area contributed by atoms with Gasteiger partial charge in [0.2, 0.25) is 11.8 Å². The summed E-state index contributed by atoms with van der Waals surface area (Å²) in [5, 5.41) is 2.57. The fourth-order valence-corrected chi connectivity index (χ4v) is 1.49. The number of aromatic nitrogens is 2. The molecule has 1 heterocycles. The predicted octanol–water partition coefficient (Wildman–Crippen LogP) is 0.420. The number of hydrogen-bond donors (Lipinski definition) is 2. The first-order valence-electron chi connectivity index (χ1n) is 6.25. The average Bonchev–Trinajstić information content (AvgIpc) is 2.43. The Kier molecular flexibility index (Phi) is 5.84. The van der Waals surface area contributed by atoms with Gasteiger partial charge in [-0.25, -0.2) is 4.98 Å². The highest BCUT2D eigenvalue weighted by Gasteiger charge is 2.13. The lowest BCUT2D eigenvalue weighted by Gasteiger charge is -2.20. The largest absolute Gasteiger partial charge is 0.476 e. The van der Waals surface area contributed by atoms with Crippen molar-refractivity contribution in [3.05, 3.63) is 6.33 Å². The Hall–Kier alpha value is -2.05. The van der Waals surface area contributed by atoms with Crippen LogP contribution in [0, 0.1) is 0 Å². The predicted molar refractivity (Wildman–Crippen MR) is 74.2 cm³/mol. The Balaban J connectivity index is 2.73. The highest BCUT2D eigenvalue weighted by molar-refractivity contribution is 5.76. The molecule has 0 aliphatic rings. The molecule has 1 amide bonds. The van der Waals surface area contributed by atoms with Crippen molar-refractivity contribution in [3.8, 4) is 5.88 Å². The van der Waals surface area contributed by atoms with Crippen LogP contribution >= 0.6 is 0 Å². The van der Waals surface area contributed by atoms with Crippen molar-refractivity contribution in [2.45, 2.75) is 19.8 Å². The second-order valence-corrected chi connectivity index (χ2v) is 4.11. The zero-order valence-corrected chi connectivity index (χ0v) is 11.6. The molecule has 0 aliphatic heterocycles. The van der Waals surface area contributed by atoms with E-state index < -0.39 is 0 Å². The summed E-state index contributed by atoms with van der Waals surface area (Å²) < 4.78 is 5.44. The smallest absolute Gasteiger partial charge is 0.242 e. The molecule has 0 saturated heterocycles. The lowest BCUT2D eigenvalue weighted by molar-refractivity contribution is -0.120. The van der Waals surface area contributed by atoms with Crippen LogP contribution in [0.5, 0.6) is 5.88 Å². The summed E-state index contributed by atoms with van der Waals surface area (Å²) in [5.41, 5.74) is 6.37. The molecule has 0 saturated carbocycles. The normalized spacial score (nSPS) is 10.1. The van der Waals surface area contributed by atoms with Gasteiger partial charge in [0.25, 0.3) is 0 Å². The van der Waals surface area contributed by atoms with E-state index in [1.807, 2.05) is 18.9 Å². The zero-order chi connectivity index (χ0) is 14.3. The van der Waals surface area contributed by atoms with Crippen molar-refractivity contribution >= 4 is 17.4 Å². The standard InChI is InChI=1S/C12H21N5O2/c1-4-7-19-12-10(13)11(15-8-16-12)17(3)6-5-9(18)14-2/h8H,4-7,13H2,1-3H3,(H,14,18). The minimum atomic E-state index is -0.0260. The van der Waals surface area contributed by atoms with Gasteiger partial charge >= 0.3 is 0 Å². The van der Waals surface area contributed by atoms with Gasteiger partial charge in [-0.15, -0.1) is 0 Å². The lowest BCUT2D eigenvalue weighted by Crippen LogP contribution is -2.27. The zero-order valence-electron chi connectivity index (χ0n) is 11.6. The topological polar surface area (TPSA) is 93.4 Å². The summed E-state index contributed by atoms with van der Waals surface area (Å²) in [5.74, 6) is 0.936. The van der Waals surface area contributed by atoms with Gasteiger partial charge in [-0.2, -0.15) is 4.98 Å². The number of nitrogens with one attached hydrogen (secondary N) is 1. The molecule has 1 aromatic heterocycles. The van der Waals surface area contributed by atoms with E-state index in [9.17, 15) is 4.79 Å². The monoisotopic (exact) mass is 267 g/mol. The number of carbonyl (C=O) groups excluding carboxylic acids is 1. The summed E-state index contributed by atoms with van der Waals surface area (Å²) in [6.07, 6.45) is 2.67. The Morgan fingerprint density at radius 2 is 2.26 bits per heavy atom. The first-order valence-corrected chi connectivity index (χ1v) is 6.25. The quantitative estimate of drug-likeness (QED) is 0.743. The van der Waals surface area contributed by atoms with E-state index in [0.29, 0.717) is 37.0 Å². The molecule has 0 aliphatic carbocycles. The van der Waals surface area contributed by atoms with Gasteiger partial charge in [-0.05, 0) is 6.42 Å². The summed E-state index contributed by atoms with van der Waals surface area (Å²) in [4.78, 5) is 21.2. The minimum absolute atomic E-state index is 0.0260. The third-order valence-corrected chi connectivity index (χ3v) is 2.58. The van der Waals surface area contributed by atoms with Gasteiger partial charge in [-0.3, -0.25) is 4.79 Å². The van der Waals surface area contributed by atoms with E-state index in [1.165, 1.54) is 6.33 Å². The second kappa shape index (κ2) is 7.40. The average molecular weight is 267 g/mol. The van der Waals surface area contributed by atoms with Crippen molar-refractivity contribution in [3.63, 3.8) is 0 Å². The van der Waals surface area contributed by atoms with Gasteiger partial charge in [0, 0.05) is 27.1 Å². The van der Waals surface area contributed by atoms with Crippen LogP contribution in [-0.4, -0.2) is 43.1 Å².